The lowest BCUT2D eigenvalue weighted by molar-refractivity contribution is 0.0470. The van der Waals surface area contributed by atoms with Gasteiger partial charge in [0.05, 0.1) is 24.3 Å². The van der Waals surface area contributed by atoms with E-state index < -0.39 is 0 Å². The largest absolute Gasteiger partial charge is 0.496 e. The molecule has 0 heterocycles. The molecular formula is C16H15BrO4. The molecule has 0 saturated heterocycles. The summed E-state index contributed by atoms with van der Waals surface area (Å²) in [4.78, 5) is 11.9. The number of carbonyl (C=O) groups excluding carboxylic acids is 1. The predicted molar refractivity (Wildman–Crippen MR) is 82.8 cm³/mol. The second-order valence-electron chi connectivity index (χ2n) is 4.24. The molecule has 0 aliphatic carbocycles. The van der Waals surface area contributed by atoms with Crippen LogP contribution in [-0.2, 0) is 11.3 Å². The SMILES string of the molecule is COc1cc(COC(=O)c2ccccc2)c(OC)cc1Br. The quantitative estimate of drug-likeness (QED) is 0.769. The van der Waals surface area contributed by atoms with Crippen LogP contribution >= 0.6 is 15.9 Å². The molecule has 0 saturated carbocycles. The first-order chi connectivity index (χ1) is 10.2. The summed E-state index contributed by atoms with van der Waals surface area (Å²) < 4.78 is 16.6. The van der Waals surface area contributed by atoms with E-state index in [2.05, 4.69) is 15.9 Å². The van der Waals surface area contributed by atoms with Crippen LogP contribution in [0.3, 0.4) is 0 Å². The summed E-state index contributed by atoms with van der Waals surface area (Å²) in [5.74, 6) is 0.907. The highest BCUT2D eigenvalue weighted by molar-refractivity contribution is 9.10. The lowest BCUT2D eigenvalue weighted by Crippen LogP contribution is -2.06. The van der Waals surface area contributed by atoms with Gasteiger partial charge in [-0.25, -0.2) is 4.79 Å². The predicted octanol–water partition coefficient (Wildman–Crippen LogP) is 3.82. The summed E-state index contributed by atoms with van der Waals surface area (Å²) >= 11 is 3.39. The fourth-order valence-electron chi connectivity index (χ4n) is 1.84. The lowest BCUT2D eigenvalue weighted by Gasteiger charge is -2.12. The van der Waals surface area contributed by atoms with Gasteiger partial charge in [-0.05, 0) is 40.2 Å². The van der Waals surface area contributed by atoms with E-state index in [0.29, 0.717) is 17.1 Å². The average molecular weight is 351 g/mol. The zero-order valence-electron chi connectivity index (χ0n) is 11.8. The number of ether oxygens (including phenoxy) is 3. The van der Waals surface area contributed by atoms with Gasteiger partial charge in [-0.15, -0.1) is 0 Å². The van der Waals surface area contributed by atoms with Crippen LogP contribution < -0.4 is 9.47 Å². The Kier molecular flexibility index (Phi) is 5.22. The van der Waals surface area contributed by atoms with E-state index >= 15 is 0 Å². The van der Waals surface area contributed by atoms with Gasteiger partial charge in [0.25, 0.3) is 0 Å². The van der Waals surface area contributed by atoms with E-state index in [4.69, 9.17) is 14.2 Å². The van der Waals surface area contributed by atoms with E-state index in [1.165, 1.54) is 0 Å². The number of benzene rings is 2. The van der Waals surface area contributed by atoms with Crippen LogP contribution in [0.15, 0.2) is 46.9 Å². The monoisotopic (exact) mass is 350 g/mol. The molecule has 2 aromatic rings. The molecule has 0 fully saturated rings. The van der Waals surface area contributed by atoms with Crippen molar-refractivity contribution in [2.75, 3.05) is 14.2 Å². The number of esters is 1. The van der Waals surface area contributed by atoms with Crippen molar-refractivity contribution in [1.82, 2.24) is 0 Å². The van der Waals surface area contributed by atoms with E-state index in [1.54, 1.807) is 50.6 Å². The maximum atomic E-state index is 11.9. The maximum Gasteiger partial charge on any atom is 0.338 e. The lowest BCUT2D eigenvalue weighted by atomic mass is 10.2. The molecule has 0 atom stereocenters. The highest BCUT2D eigenvalue weighted by Gasteiger charge is 2.12. The van der Waals surface area contributed by atoms with E-state index in [-0.39, 0.29) is 12.6 Å². The summed E-state index contributed by atoms with van der Waals surface area (Å²) in [7, 11) is 3.14. The summed E-state index contributed by atoms with van der Waals surface area (Å²) in [6.45, 7) is 0.112. The second-order valence-corrected chi connectivity index (χ2v) is 5.10. The second kappa shape index (κ2) is 7.13. The average Bonchev–Trinajstić information content (AvgIpc) is 2.53. The molecule has 110 valence electrons. The molecule has 0 aliphatic rings. The Bertz CT molecular complexity index is 626. The van der Waals surface area contributed by atoms with Crippen LogP contribution in [0.1, 0.15) is 15.9 Å². The van der Waals surface area contributed by atoms with Crippen LogP contribution in [0.4, 0.5) is 0 Å². The van der Waals surface area contributed by atoms with Crippen LogP contribution in [0, 0.1) is 0 Å². The van der Waals surface area contributed by atoms with Crippen molar-refractivity contribution in [2.24, 2.45) is 0 Å². The van der Waals surface area contributed by atoms with Gasteiger partial charge in [-0.1, -0.05) is 18.2 Å². The third kappa shape index (κ3) is 3.76. The molecule has 2 rings (SSSR count). The Morgan fingerprint density at radius 1 is 1.05 bits per heavy atom. The normalized spacial score (nSPS) is 10.0. The van der Waals surface area contributed by atoms with Crippen molar-refractivity contribution in [3.05, 3.63) is 58.1 Å². The third-order valence-corrected chi connectivity index (χ3v) is 3.54. The number of methoxy groups -OCH3 is 2. The minimum absolute atomic E-state index is 0.112. The fourth-order valence-corrected chi connectivity index (χ4v) is 2.32. The molecule has 5 heteroatoms. The van der Waals surface area contributed by atoms with Crippen molar-refractivity contribution in [2.45, 2.75) is 6.61 Å². The number of hydrogen-bond acceptors (Lipinski definition) is 4. The number of hydrogen-bond donors (Lipinski definition) is 0. The topological polar surface area (TPSA) is 44.8 Å². The van der Waals surface area contributed by atoms with Gasteiger partial charge in [0.1, 0.15) is 18.1 Å². The zero-order chi connectivity index (χ0) is 15.2. The molecule has 0 amide bonds. The van der Waals surface area contributed by atoms with Crippen molar-refractivity contribution < 1.29 is 19.0 Å². The first-order valence-electron chi connectivity index (χ1n) is 6.28. The number of halogens is 1. The van der Waals surface area contributed by atoms with Gasteiger partial charge in [-0.3, -0.25) is 0 Å². The van der Waals surface area contributed by atoms with Crippen molar-refractivity contribution in [3.63, 3.8) is 0 Å². The molecule has 2 aromatic carbocycles. The molecular weight excluding hydrogens is 336 g/mol. The van der Waals surface area contributed by atoms with E-state index in [9.17, 15) is 4.79 Å². The molecule has 0 bridgehead atoms. The third-order valence-electron chi connectivity index (χ3n) is 2.92. The molecule has 0 N–H and O–H groups in total. The zero-order valence-corrected chi connectivity index (χ0v) is 13.3. The first kappa shape index (κ1) is 15.4. The van der Waals surface area contributed by atoms with Crippen LogP contribution in [0.2, 0.25) is 0 Å². The van der Waals surface area contributed by atoms with Crippen molar-refractivity contribution in [3.8, 4) is 11.5 Å². The Balaban J connectivity index is 2.14. The molecule has 21 heavy (non-hydrogen) atoms. The molecule has 0 aromatic heterocycles. The minimum Gasteiger partial charge on any atom is -0.496 e. The summed E-state index contributed by atoms with van der Waals surface area (Å²) in [6, 6.07) is 12.4. The summed E-state index contributed by atoms with van der Waals surface area (Å²) in [5, 5.41) is 0. The van der Waals surface area contributed by atoms with Crippen molar-refractivity contribution >= 4 is 21.9 Å². The summed E-state index contributed by atoms with van der Waals surface area (Å²) in [6.07, 6.45) is 0. The van der Waals surface area contributed by atoms with Gasteiger partial charge in [0, 0.05) is 5.56 Å². The Morgan fingerprint density at radius 2 is 1.71 bits per heavy atom. The summed E-state index contributed by atoms with van der Waals surface area (Å²) in [5.41, 5.74) is 1.25. The van der Waals surface area contributed by atoms with Crippen LogP contribution in [0.5, 0.6) is 11.5 Å². The Morgan fingerprint density at radius 3 is 2.33 bits per heavy atom. The van der Waals surface area contributed by atoms with Gasteiger partial charge in [-0.2, -0.15) is 0 Å². The molecule has 0 radical (unpaired) electrons. The van der Waals surface area contributed by atoms with Gasteiger partial charge >= 0.3 is 5.97 Å². The van der Waals surface area contributed by atoms with Gasteiger partial charge < -0.3 is 14.2 Å². The van der Waals surface area contributed by atoms with Crippen LogP contribution in [-0.4, -0.2) is 20.2 Å². The van der Waals surface area contributed by atoms with E-state index in [1.807, 2.05) is 6.07 Å². The fraction of sp³-hybridized carbons (Fsp3) is 0.188. The standard InChI is InChI=1S/C16H15BrO4/c1-19-14-9-13(17)15(20-2)8-12(14)10-21-16(18)11-6-4-3-5-7-11/h3-9H,10H2,1-2H3. The molecule has 0 spiro atoms. The molecule has 4 nitrogen and oxygen atoms in total. The Hall–Kier alpha value is -2.01. The molecule has 0 aliphatic heterocycles. The highest BCUT2D eigenvalue weighted by atomic mass is 79.9. The smallest absolute Gasteiger partial charge is 0.338 e. The Labute approximate surface area is 131 Å². The number of rotatable bonds is 5. The molecule has 0 unspecified atom stereocenters. The number of carbonyl (C=O) groups is 1. The first-order valence-corrected chi connectivity index (χ1v) is 7.07. The van der Waals surface area contributed by atoms with Gasteiger partial charge in [0.2, 0.25) is 0 Å². The van der Waals surface area contributed by atoms with Crippen molar-refractivity contribution in [1.29, 1.82) is 0 Å². The van der Waals surface area contributed by atoms with Gasteiger partial charge in [0.15, 0.2) is 0 Å². The van der Waals surface area contributed by atoms with E-state index in [0.717, 1.165) is 10.0 Å². The van der Waals surface area contributed by atoms with Crippen LogP contribution in [0.25, 0.3) is 0 Å². The maximum absolute atomic E-state index is 11.9. The minimum atomic E-state index is -0.375. The highest BCUT2D eigenvalue weighted by Crippen LogP contribution is 2.33.